The molecule has 31 heavy (non-hydrogen) atoms. The van der Waals surface area contributed by atoms with Gasteiger partial charge in [-0.15, -0.1) is 0 Å². The van der Waals surface area contributed by atoms with Gasteiger partial charge < -0.3 is 14.1 Å². The summed E-state index contributed by atoms with van der Waals surface area (Å²) in [4.78, 5) is 20.6. The van der Waals surface area contributed by atoms with Crippen LogP contribution in [0, 0.1) is 6.92 Å². The fraction of sp³-hybridized carbons (Fsp3) is 0.350. The number of ether oxygens (including phenoxy) is 1. The largest absolute Gasteiger partial charge is 0.420 e. The molecule has 0 aliphatic carbocycles. The molecular weight excluding hydrogens is 458 g/mol. The normalized spacial score (nSPS) is 19.0. The van der Waals surface area contributed by atoms with Gasteiger partial charge in [-0.05, 0) is 26.0 Å². The van der Waals surface area contributed by atoms with Gasteiger partial charge in [0.15, 0.2) is 0 Å². The molecule has 3 heterocycles. The van der Waals surface area contributed by atoms with Crippen LogP contribution in [0.15, 0.2) is 43.5 Å². The van der Waals surface area contributed by atoms with Crippen LogP contribution in [0.1, 0.15) is 18.4 Å². The Morgan fingerprint density at radius 1 is 1.23 bits per heavy atom. The number of oxazole rings is 1. The van der Waals surface area contributed by atoms with Crippen LogP contribution < -0.4 is 4.90 Å². The molecule has 164 valence electrons. The van der Waals surface area contributed by atoms with E-state index in [0.717, 1.165) is 17.3 Å². The van der Waals surface area contributed by atoms with Crippen LogP contribution in [0.4, 0.5) is 5.88 Å². The molecule has 0 unspecified atom stereocenters. The van der Waals surface area contributed by atoms with Crippen molar-refractivity contribution in [2.24, 2.45) is 0 Å². The first-order valence-corrected chi connectivity index (χ1v) is 12.4. The van der Waals surface area contributed by atoms with Crippen LogP contribution in [0.5, 0.6) is 0 Å². The zero-order valence-corrected chi connectivity index (χ0v) is 19.5. The molecule has 4 rings (SSSR count). The van der Waals surface area contributed by atoms with Gasteiger partial charge >= 0.3 is 0 Å². The van der Waals surface area contributed by atoms with Crippen LogP contribution in [0.3, 0.4) is 0 Å². The van der Waals surface area contributed by atoms with E-state index in [-0.39, 0.29) is 27.6 Å². The van der Waals surface area contributed by atoms with E-state index < -0.39 is 9.84 Å². The lowest BCUT2D eigenvalue weighted by Gasteiger charge is -2.26. The van der Waals surface area contributed by atoms with Crippen molar-refractivity contribution < 1.29 is 22.4 Å². The number of morpholine rings is 1. The number of nitrogens with zero attached hydrogens (tertiary/aromatic N) is 3. The Kier molecular flexibility index (Phi) is 6.20. The first-order valence-electron chi connectivity index (χ1n) is 9.72. The van der Waals surface area contributed by atoms with Gasteiger partial charge in [0, 0.05) is 25.7 Å². The minimum atomic E-state index is -3.93. The lowest BCUT2D eigenvalue weighted by atomic mass is 10.2. The van der Waals surface area contributed by atoms with E-state index in [1.807, 2.05) is 13.8 Å². The Balaban J connectivity index is 1.78. The van der Waals surface area contributed by atoms with Crippen molar-refractivity contribution in [1.29, 1.82) is 0 Å². The van der Waals surface area contributed by atoms with Crippen LogP contribution in [0.25, 0.3) is 6.08 Å². The third kappa shape index (κ3) is 4.27. The van der Waals surface area contributed by atoms with Crippen LogP contribution in [0.2, 0.25) is 0 Å². The number of likely N-dealkylation sites (N-methyl/N-ethyl adjacent to an activating group) is 1. The highest BCUT2D eigenvalue weighted by Gasteiger charge is 2.34. The Hall–Kier alpha value is -2.21. The van der Waals surface area contributed by atoms with Gasteiger partial charge in [-0.3, -0.25) is 9.69 Å². The summed E-state index contributed by atoms with van der Waals surface area (Å²) in [5.41, 5.74) is 0.950. The van der Waals surface area contributed by atoms with E-state index >= 15 is 0 Å². The molecule has 11 heteroatoms. The van der Waals surface area contributed by atoms with E-state index in [4.69, 9.17) is 21.4 Å². The molecular formula is C20H21N3O5S3. The highest BCUT2D eigenvalue weighted by Crippen LogP contribution is 2.35. The first kappa shape index (κ1) is 22.0. The van der Waals surface area contributed by atoms with Crippen molar-refractivity contribution in [1.82, 2.24) is 9.88 Å². The number of rotatable bonds is 5. The second-order valence-corrected chi connectivity index (χ2v) is 10.5. The summed E-state index contributed by atoms with van der Waals surface area (Å²) in [6.07, 6.45) is 1.45. The number of aromatic nitrogens is 1. The maximum absolute atomic E-state index is 13.4. The number of carbonyl (C=O) groups excluding carboxylic acids is 1. The third-order valence-electron chi connectivity index (χ3n) is 4.92. The quantitative estimate of drug-likeness (QED) is 0.474. The molecule has 2 fully saturated rings. The molecule has 0 radical (unpaired) electrons. The van der Waals surface area contributed by atoms with E-state index in [9.17, 15) is 13.2 Å². The summed E-state index contributed by atoms with van der Waals surface area (Å²) in [7, 11) is -3.93. The second kappa shape index (κ2) is 8.73. The zero-order valence-electron chi connectivity index (χ0n) is 17.0. The highest BCUT2D eigenvalue weighted by atomic mass is 32.2. The van der Waals surface area contributed by atoms with Gasteiger partial charge in [-0.2, -0.15) is 4.98 Å². The van der Waals surface area contributed by atoms with Crippen molar-refractivity contribution in [2.75, 3.05) is 37.7 Å². The maximum Gasteiger partial charge on any atom is 0.266 e. The third-order valence-corrected chi connectivity index (χ3v) is 7.97. The first-order chi connectivity index (χ1) is 14.8. The van der Waals surface area contributed by atoms with Crippen LogP contribution >= 0.6 is 24.0 Å². The molecule has 0 spiro atoms. The SMILES string of the molecule is CCN1C(=O)/C(=C\c2nc(S(=O)(=O)c3ccc(C)cc3)c(N3CCOCC3)o2)SC1=S. The number of thiocarbonyl (C=S) groups is 1. The zero-order chi connectivity index (χ0) is 22.2. The Labute approximate surface area is 190 Å². The van der Waals surface area contributed by atoms with Gasteiger partial charge in [0.25, 0.3) is 5.91 Å². The number of carbonyl (C=O) groups is 1. The molecule has 1 aromatic heterocycles. The molecule has 2 aromatic rings. The summed E-state index contributed by atoms with van der Waals surface area (Å²) in [5, 5.41) is -0.171. The van der Waals surface area contributed by atoms with E-state index in [1.54, 1.807) is 29.2 Å². The number of amides is 1. The molecule has 2 saturated heterocycles. The van der Waals surface area contributed by atoms with Crippen molar-refractivity contribution in [3.63, 3.8) is 0 Å². The molecule has 0 atom stereocenters. The smallest absolute Gasteiger partial charge is 0.266 e. The van der Waals surface area contributed by atoms with Crippen molar-refractivity contribution in [3.05, 3.63) is 40.6 Å². The number of thioether (sulfide) groups is 1. The molecule has 1 amide bonds. The van der Waals surface area contributed by atoms with Crippen molar-refractivity contribution >= 4 is 56.0 Å². The van der Waals surface area contributed by atoms with Crippen molar-refractivity contribution in [3.8, 4) is 0 Å². The molecule has 0 bridgehead atoms. The maximum atomic E-state index is 13.4. The summed E-state index contributed by atoms with van der Waals surface area (Å²) in [6.45, 7) is 6.04. The molecule has 0 saturated carbocycles. The van der Waals surface area contributed by atoms with Gasteiger partial charge in [0.2, 0.25) is 26.6 Å². The average Bonchev–Trinajstić information content (AvgIpc) is 3.30. The number of anilines is 1. The second-order valence-electron chi connectivity index (χ2n) is 7.00. The number of sulfone groups is 1. The fourth-order valence-electron chi connectivity index (χ4n) is 3.23. The predicted molar refractivity (Wildman–Crippen MR) is 122 cm³/mol. The minimum Gasteiger partial charge on any atom is -0.420 e. The molecule has 0 N–H and O–H groups in total. The van der Waals surface area contributed by atoms with Crippen molar-refractivity contribution in [2.45, 2.75) is 23.8 Å². The Morgan fingerprint density at radius 2 is 1.90 bits per heavy atom. The molecule has 8 nitrogen and oxygen atoms in total. The number of aryl methyl sites for hydroxylation is 1. The van der Waals surface area contributed by atoms with Crippen LogP contribution in [-0.4, -0.2) is 61.4 Å². The molecule has 1 aromatic carbocycles. The van der Waals surface area contributed by atoms with E-state index in [1.165, 1.54) is 11.0 Å². The Bertz CT molecular complexity index is 1150. The summed E-state index contributed by atoms with van der Waals surface area (Å²) >= 11 is 6.38. The lowest BCUT2D eigenvalue weighted by molar-refractivity contribution is -0.122. The van der Waals surface area contributed by atoms with Crippen LogP contribution in [-0.2, 0) is 19.4 Å². The van der Waals surface area contributed by atoms with E-state index in [0.29, 0.717) is 42.1 Å². The van der Waals surface area contributed by atoms with E-state index in [2.05, 4.69) is 4.98 Å². The fourth-order valence-corrected chi connectivity index (χ4v) is 5.91. The van der Waals surface area contributed by atoms with Gasteiger partial charge in [-0.1, -0.05) is 41.7 Å². The average molecular weight is 480 g/mol. The van der Waals surface area contributed by atoms with Gasteiger partial charge in [0.1, 0.15) is 4.32 Å². The lowest BCUT2D eigenvalue weighted by Crippen LogP contribution is -2.36. The summed E-state index contributed by atoms with van der Waals surface area (Å²) in [5.74, 6) is -0.0450. The topological polar surface area (TPSA) is 93.0 Å². The molecule has 2 aliphatic heterocycles. The van der Waals surface area contributed by atoms with Gasteiger partial charge in [0.05, 0.1) is 23.0 Å². The Morgan fingerprint density at radius 3 is 2.52 bits per heavy atom. The monoisotopic (exact) mass is 479 g/mol. The minimum absolute atomic E-state index is 0.0452. The highest BCUT2D eigenvalue weighted by molar-refractivity contribution is 8.26. The van der Waals surface area contributed by atoms with Gasteiger partial charge in [-0.25, -0.2) is 8.42 Å². The predicted octanol–water partition coefficient (Wildman–Crippen LogP) is 2.87. The number of benzene rings is 1. The summed E-state index contributed by atoms with van der Waals surface area (Å²) < 4.78 is 38.4. The summed E-state index contributed by atoms with van der Waals surface area (Å²) in [6, 6.07) is 6.57. The number of hydrogen-bond acceptors (Lipinski definition) is 9. The molecule has 2 aliphatic rings. The number of hydrogen-bond donors (Lipinski definition) is 0. The standard InChI is InChI=1S/C20H21N3O5S3/c1-3-23-18(24)15(30-20(23)29)12-16-21-17(19(28-16)22-8-10-27-11-9-22)31(25,26)14-6-4-13(2)5-7-14/h4-7,12H,3,8-11H2,1-2H3/b15-12+.